The van der Waals surface area contributed by atoms with Gasteiger partial charge in [-0.25, -0.2) is 0 Å². The molecule has 1 N–H and O–H groups in total. The highest BCUT2D eigenvalue weighted by atomic mass is 16.2. The summed E-state index contributed by atoms with van der Waals surface area (Å²) in [6, 6.07) is 6.03. The Kier molecular flexibility index (Phi) is 2.38. The maximum atomic E-state index is 12.0. The van der Waals surface area contributed by atoms with E-state index in [2.05, 4.69) is 9.88 Å². The summed E-state index contributed by atoms with van der Waals surface area (Å²) in [4.78, 5) is 28.3. The van der Waals surface area contributed by atoms with Gasteiger partial charge in [0.05, 0.1) is 11.0 Å². The van der Waals surface area contributed by atoms with Crippen LogP contribution in [0.1, 0.15) is 5.56 Å². The van der Waals surface area contributed by atoms with Crippen molar-refractivity contribution in [1.29, 1.82) is 0 Å². The molecule has 0 saturated carbocycles. The first-order valence-corrected chi connectivity index (χ1v) is 5.99. The van der Waals surface area contributed by atoms with Crippen molar-refractivity contribution < 1.29 is 0 Å². The molecule has 5 heteroatoms. The SMILES string of the molecule is CN(C)C1Cc2cccc3[nH]c(=O)c(=O)n(c23)C1. The normalized spacial score (nSPS) is 18.5. The number of aromatic nitrogens is 2. The van der Waals surface area contributed by atoms with Crippen LogP contribution >= 0.6 is 0 Å². The van der Waals surface area contributed by atoms with Crippen LogP contribution in [0.4, 0.5) is 0 Å². The van der Waals surface area contributed by atoms with E-state index in [1.54, 1.807) is 4.57 Å². The summed E-state index contributed by atoms with van der Waals surface area (Å²) in [5.74, 6) is 0. The van der Waals surface area contributed by atoms with Gasteiger partial charge in [0, 0.05) is 12.6 Å². The zero-order valence-corrected chi connectivity index (χ0v) is 10.4. The molecule has 2 heterocycles. The molecular weight excluding hydrogens is 230 g/mol. The van der Waals surface area contributed by atoms with Crippen LogP contribution in [-0.4, -0.2) is 34.6 Å². The average molecular weight is 245 g/mol. The standard InChI is InChI=1S/C13H15N3O2/c1-15(2)9-6-8-4-3-5-10-11(8)16(7-9)13(18)12(17)14-10/h3-5,9H,6-7H2,1-2H3,(H,14,17). The number of nitrogens with zero attached hydrogens (tertiary/aromatic N) is 2. The van der Waals surface area contributed by atoms with Crippen LogP contribution in [0.15, 0.2) is 27.8 Å². The second-order valence-corrected chi connectivity index (χ2v) is 5.00. The first-order valence-electron chi connectivity index (χ1n) is 5.99. The largest absolute Gasteiger partial charge is 0.316 e. The summed E-state index contributed by atoms with van der Waals surface area (Å²) >= 11 is 0. The van der Waals surface area contributed by atoms with Gasteiger partial charge in [-0.1, -0.05) is 12.1 Å². The van der Waals surface area contributed by atoms with Crippen LogP contribution < -0.4 is 11.1 Å². The van der Waals surface area contributed by atoms with Gasteiger partial charge < -0.3 is 14.5 Å². The Balaban J connectivity index is 2.36. The quantitative estimate of drug-likeness (QED) is 0.729. The predicted molar refractivity (Wildman–Crippen MR) is 70.0 cm³/mol. The fourth-order valence-corrected chi connectivity index (χ4v) is 2.62. The number of rotatable bonds is 1. The van der Waals surface area contributed by atoms with E-state index in [4.69, 9.17) is 0 Å². The second-order valence-electron chi connectivity index (χ2n) is 5.00. The van der Waals surface area contributed by atoms with Gasteiger partial charge in [-0.2, -0.15) is 0 Å². The van der Waals surface area contributed by atoms with E-state index in [0.717, 1.165) is 23.0 Å². The molecule has 0 saturated heterocycles. The van der Waals surface area contributed by atoms with Crippen molar-refractivity contribution in [2.24, 2.45) is 0 Å². The number of nitrogens with one attached hydrogen (secondary N) is 1. The minimum Gasteiger partial charge on any atom is -0.316 e. The molecule has 1 aliphatic rings. The number of benzene rings is 1. The van der Waals surface area contributed by atoms with Crippen molar-refractivity contribution in [1.82, 2.24) is 14.5 Å². The topological polar surface area (TPSA) is 58.1 Å². The van der Waals surface area contributed by atoms with Crippen molar-refractivity contribution in [2.75, 3.05) is 14.1 Å². The van der Waals surface area contributed by atoms with E-state index in [1.807, 2.05) is 32.3 Å². The third-order valence-electron chi connectivity index (χ3n) is 3.66. The molecule has 1 aliphatic heterocycles. The third kappa shape index (κ3) is 1.51. The Morgan fingerprint density at radius 1 is 1.33 bits per heavy atom. The summed E-state index contributed by atoms with van der Waals surface area (Å²) in [7, 11) is 3.99. The molecule has 1 aromatic heterocycles. The Labute approximate surface area is 104 Å². The van der Waals surface area contributed by atoms with E-state index >= 15 is 0 Å². The smallest absolute Gasteiger partial charge is 0.316 e. The van der Waals surface area contributed by atoms with Gasteiger partial charge in [0.1, 0.15) is 0 Å². The third-order valence-corrected chi connectivity index (χ3v) is 3.66. The van der Waals surface area contributed by atoms with Gasteiger partial charge >= 0.3 is 11.1 Å². The first kappa shape index (κ1) is 11.2. The van der Waals surface area contributed by atoms with Gasteiger partial charge in [-0.15, -0.1) is 0 Å². The number of para-hydroxylation sites is 1. The number of H-pyrrole nitrogens is 1. The van der Waals surface area contributed by atoms with Crippen LogP contribution in [0.3, 0.4) is 0 Å². The number of hydrogen-bond donors (Lipinski definition) is 1. The summed E-state index contributed by atoms with van der Waals surface area (Å²) in [5, 5.41) is 0. The fraction of sp³-hybridized carbons (Fsp3) is 0.385. The van der Waals surface area contributed by atoms with E-state index in [9.17, 15) is 9.59 Å². The van der Waals surface area contributed by atoms with E-state index < -0.39 is 11.1 Å². The Hall–Kier alpha value is -1.88. The summed E-state index contributed by atoms with van der Waals surface area (Å²) < 4.78 is 1.61. The predicted octanol–water partition coefficient (Wildman–Crippen LogP) is 0.176. The minimum atomic E-state index is -0.543. The lowest BCUT2D eigenvalue weighted by atomic mass is 9.99. The molecule has 5 nitrogen and oxygen atoms in total. The molecule has 18 heavy (non-hydrogen) atoms. The molecule has 0 spiro atoms. The van der Waals surface area contributed by atoms with Crippen molar-refractivity contribution in [3.63, 3.8) is 0 Å². The van der Waals surface area contributed by atoms with Crippen LogP contribution in [0.5, 0.6) is 0 Å². The molecule has 0 bridgehead atoms. The molecule has 0 fully saturated rings. The maximum Gasteiger partial charge on any atom is 0.316 e. The average Bonchev–Trinajstić information content (AvgIpc) is 2.35. The van der Waals surface area contributed by atoms with Gasteiger partial charge in [0.25, 0.3) is 0 Å². The highest BCUT2D eigenvalue weighted by Gasteiger charge is 2.23. The molecule has 94 valence electrons. The molecule has 3 rings (SSSR count). The molecule has 0 amide bonds. The van der Waals surface area contributed by atoms with Crippen molar-refractivity contribution in [3.8, 4) is 0 Å². The number of hydrogen-bond acceptors (Lipinski definition) is 3. The van der Waals surface area contributed by atoms with Gasteiger partial charge in [-0.3, -0.25) is 9.59 Å². The van der Waals surface area contributed by atoms with Crippen molar-refractivity contribution in [2.45, 2.75) is 19.0 Å². The molecule has 0 aliphatic carbocycles. The van der Waals surface area contributed by atoms with Crippen LogP contribution in [0.25, 0.3) is 11.0 Å². The van der Waals surface area contributed by atoms with E-state index in [0.29, 0.717) is 6.54 Å². The second kappa shape index (κ2) is 3.81. The summed E-state index contributed by atoms with van der Waals surface area (Å²) in [6.07, 6.45) is 0.899. The molecule has 1 atom stereocenters. The van der Waals surface area contributed by atoms with Gasteiger partial charge in [0.15, 0.2) is 0 Å². The molecule has 1 aromatic carbocycles. The Morgan fingerprint density at radius 3 is 2.83 bits per heavy atom. The first-order chi connectivity index (χ1) is 8.58. The fourth-order valence-electron chi connectivity index (χ4n) is 2.62. The van der Waals surface area contributed by atoms with Crippen molar-refractivity contribution in [3.05, 3.63) is 44.5 Å². The van der Waals surface area contributed by atoms with E-state index in [-0.39, 0.29) is 6.04 Å². The Bertz CT molecular complexity index is 727. The monoisotopic (exact) mass is 245 g/mol. The molecule has 0 radical (unpaired) electrons. The molecule has 2 aromatic rings. The lowest BCUT2D eigenvalue weighted by Gasteiger charge is -2.30. The Morgan fingerprint density at radius 2 is 2.11 bits per heavy atom. The highest BCUT2D eigenvalue weighted by molar-refractivity contribution is 5.79. The van der Waals surface area contributed by atoms with E-state index in [1.165, 1.54) is 0 Å². The highest BCUT2D eigenvalue weighted by Crippen LogP contribution is 2.22. The number of aromatic amines is 1. The van der Waals surface area contributed by atoms with Crippen LogP contribution in [0, 0.1) is 0 Å². The molecule has 1 unspecified atom stereocenters. The van der Waals surface area contributed by atoms with Gasteiger partial charge in [-0.05, 0) is 32.1 Å². The zero-order valence-electron chi connectivity index (χ0n) is 10.4. The van der Waals surface area contributed by atoms with Crippen LogP contribution in [-0.2, 0) is 13.0 Å². The maximum absolute atomic E-state index is 12.0. The summed E-state index contributed by atoms with van der Waals surface area (Å²) in [6.45, 7) is 0.573. The lowest BCUT2D eigenvalue weighted by molar-refractivity contribution is 0.256. The zero-order chi connectivity index (χ0) is 12.9. The minimum absolute atomic E-state index is 0.252. The lowest BCUT2D eigenvalue weighted by Crippen LogP contribution is -2.45. The molecular formula is C13H15N3O2. The van der Waals surface area contributed by atoms with Crippen LogP contribution in [0.2, 0.25) is 0 Å². The summed E-state index contributed by atoms with van der Waals surface area (Å²) in [5.41, 5.74) is 1.74. The number of likely N-dealkylation sites (N-methyl/N-ethyl adjacent to an activating group) is 1. The van der Waals surface area contributed by atoms with Gasteiger partial charge in [0.2, 0.25) is 0 Å². The van der Waals surface area contributed by atoms with Crippen molar-refractivity contribution >= 4 is 11.0 Å².